The Morgan fingerprint density at radius 1 is 0.800 bits per heavy atom. The first-order valence-corrected chi connectivity index (χ1v) is 13.0. The third-order valence-corrected chi connectivity index (χ3v) is 8.04. The van der Waals surface area contributed by atoms with Gasteiger partial charge in [-0.2, -0.15) is 0 Å². The Kier molecular flexibility index (Phi) is 4.91. The summed E-state index contributed by atoms with van der Waals surface area (Å²) in [4.78, 5) is 6.33. The van der Waals surface area contributed by atoms with Gasteiger partial charge in [-0.15, -0.1) is 11.3 Å². The van der Waals surface area contributed by atoms with Gasteiger partial charge in [0.2, 0.25) is 0 Å². The Morgan fingerprint density at radius 2 is 1.54 bits per heavy atom. The Bertz CT molecular complexity index is 1740. The number of hydrogen-bond acceptors (Lipinski definition) is 3. The molecule has 0 aliphatic carbocycles. The smallest absolute Gasteiger partial charge is 0.144 e. The lowest BCUT2D eigenvalue weighted by molar-refractivity contribution is 0.591. The van der Waals surface area contributed by atoms with Crippen LogP contribution in [0, 0.1) is 20.8 Å². The van der Waals surface area contributed by atoms with Gasteiger partial charge < -0.3 is 4.42 Å². The van der Waals surface area contributed by atoms with E-state index in [1.165, 1.54) is 48.2 Å². The highest BCUT2D eigenvalue weighted by Gasteiger charge is 2.23. The van der Waals surface area contributed by atoms with Crippen molar-refractivity contribution >= 4 is 43.4 Å². The fraction of sp³-hybridized carbons (Fsp3) is 0.219. The summed E-state index contributed by atoms with van der Waals surface area (Å²) < 4.78 is 7.80. The van der Waals surface area contributed by atoms with Gasteiger partial charge in [-0.25, -0.2) is 0 Å². The molecule has 3 aromatic carbocycles. The maximum Gasteiger partial charge on any atom is 0.144 e. The molecule has 0 amide bonds. The van der Waals surface area contributed by atoms with Gasteiger partial charge >= 0.3 is 0 Å². The number of benzene rings is 3. The largest absolute Gasteiger partial charge is 0.455 e. The molecular weight excluding hydrogens is 446 g/mol. The number of para-hydroxylation sites is 1. The summed E-state index contributed by atoms with van der Waals surface area (Å²) in [7, 11) is 0. The molecule has 0 bridgehead atoms. The Morgan fingerprint density at radius 3 is 2.29 bits per heavy atom. The number of hydrogen-bond donors (Lipinski definition) is 0. The average molecular weight is 476 g/mol. The molecule has 0 radical (unpaired) electrons. The van der Waals surface area contributed by atoms with Crippen LogP contribution in [0.4, 0.5) is 0 Å². The first kappa shape index (κ1) is 22.1. The average Bonchev–Trinajstić information content (AvgIpc) is 3.37. The van der Waals surface area contributed by atoms with E-state index < -0.39 is 0 Å². The fourth-order valence-corrected chi connectivity index (χ4v) is 6.33. The standard InChI is InChI=1S/C32H29NOS/c1-18-9-7-10-19(2)29(18)24-17-33-26(16-25(24)32(4,5)6)21-11-8-12-22-30-23-15-20(3)35-28(23)14-13-27(30)34-31(21)22/h7-17H,1-6H3. The van der Waals surface area contributed by atoms with Crippen molar-refractivity contribution < 1.29 is 4.42 Å². The van der Waals surface area contributed by atoms with E-state index in [0.717, 1.165) is 27.8 Å². The van der Waals surface area contributed by atoms with Crippen LogP contribution in [0.1, 0.15) is 42.3 Å². The van der Waals surface area contributed by atoms with Crippen molar-refractivity contribution in [1.82, 2.24) is 4.98 Å². The van der Waals surface area contributed by atoms with E-state index in [2.05, 4.69) is 108 Å². The molecule has 3 heterocycles. The molecule has 0 saturated carbocycles. The van der Waals surface area contributed by atoms with Crippen LogP contribution in [-0.4, -0.2) is 4.98 Å². The molecule has 35 heavy (non-hydrogen) atoms. The van der Waals surface area contributed by atoms with Crippen molar-refractivity contribution in [2.45, 2.75) is 47.0 Å². The highest BCUT2D eigenvalue weighted by atomic mass is 32.1. The minimum absolute atomic E-state index is 0.0378. The van der Waals surface area contributed by atoms with Crippen LogP contribution in [0.25, 0.3) is 54.4 Å². The summed E-state index contributed by atoms with van der Waals surface area (Å²) in [5.74, 6) is 0. The third kappa shape index (κ3) is 3.49. The number of fused-ring (bicyclic) bond motifs is 5. The predicted octanol–water partition coefficient (Wildman–Crippen LogP) is 9.75. The van der Waals surface area contributed by atoms with E-state index in [0.29, 0.717) is 0 Å². The lowest BCUT2D eigenvalue weighted by atomic mass is 9.80. The number of furan rings is 1. The van der Waals surface area contributed by atoms with Gasteiger partial charge in [-0.3, -0.25) is 4.98 Å². The van der Waals surface area contributed by atoms with Crippen LogP contribution in [0.3, 0.4) is 0 Å². The lowest BCUT2D eigenvalue weighted by Gasteiger charge is -2.25. The van der Waals surface area contributed by atoms with E-state index in [-0.39, 0.29) is 5.41 Å². The van der Waals surface area contributed by atoms with Crippen LogP contribution >= 0.6 is 11.3 Å². The highest BCUT2D eigenvalue weighted by Crippen LogP contribution is 2.42. The van der Waals surface area contributed by atoms with Crippen LogP contribution < -0.4 is 0 Å². The lowest BCUT2D eigenvalue weighted by Crippen LogP contribution is -2.14. The molecule has 0 unspecified atom stereocenters. The van der Waals surface area contributed by atoms with Gasteiger partial charge in [0.05, 0.1) is 5.69 Å². The molecule has 0 atom stereocenters. The van der Waals surface area contributed by atoms with Crippen LogP contribution in [0.2, 0.25) is 0 Å². The first-order valence-electron chi connectivity index (χ1n) is 12.1. The number of thiophene rings is 1. The summed E-state index contributed by atoms with van der Waals surface area (Å²) in [5.41, 5.74) is 10.1. The SMILES string of the molecule is Cc1cc2c(ccc3oc4c(-c5cc(C(C)(C)C)c(-c6c(C)cccc6C)cn5)cccc4c32)s1. The second-order valence-electron chi connectivity index (χ2n) is 10.6. The molecule has 0 fully saturated rings. The second-order valence-corrected chi connectivity index (χ2v) is 11.9. The second kappa shape index (κ2) is 7.79. The summed E-state index contributed by atoms with van der Waals surface area (Å²) in [6.45, 7) is 13.4. The van der Waals surface area contributed by atoms with Gasteiger partial charge in [0.25, 0.3) is 0 Å². The van der Waals surface area contributed by atoms with E-state index in [1.54, 1.807) is 0 Å². The summed E-state index contributed by atoms with van der Waals surface area (Å²) in [6, 6.07) is 21.8. The number of aromatic nitrogens is 1. The maximum atomic E-state index is 6.50. The quantitative estimate of drug-likeness (QED) is 0.249. The van der Waals surface area contributed by atoms with Gasteiger partial charge in [0, 0.05) is 43.1 Å². The zero-order chi connectivity index (χ0) is 24.5. The van der Waals surface area contributed by atoms with E-state index in [9.17, 15) is 0 Å². The number of nitrogens with zero attached hydrogens (tertiary/aromatic N) is 1. The highest BCUT2D eigenvalue weighted by molar-refractivity contribution is 7.19. The predicted molar refractivity (Wildman–Crippen MR) is 151 cm³/mol. The van der Waals surface area contributed by atoms with Gasteiger partial charge in [0.1, 0.15) is 11.2 Å². The summed E-state index contributed by atoms with van der Waals surface area (Å²) in [6.07, 6.45) is 2.06. The van der Waals surface area contributed by atoms with Crippen molar-refractivity contribution in [3.63, 3.8) is 0 Å². The topological polar surface area (TPSA) is 26.0 Å². The molecule has 2 nitrogen and oxygen atoms in total. The van der Waals surface area contributed by atoms with Gasteiger partial charge in [-0.1, -0.05) is 51.1 Å². The molecule has 0 saturated heterocycles. The Labute approximate surface area is 210 Å². The monoisotopic (exact) mass is 475 g/mol. The molecule has 6 rings (SSSR count). The van der Waals surface area contributed by atoms with Crippen molar-refractivity contribution in [3.8, 4) is 22.4 Å². The molecule has 174 valence electrons. The van der Waals surface area contributed by atoms with Crippen LogP contribution in [0.5, 0.6) is 0 Å². The maximum absolute atomic E-state index is 6.50. The van der Waals surface area contributed by atoms with Crippen molar-refractivity contribution in [3.05, 3.63) is 88.4 Å². The Hall–Kier alpha value is -3.43. The van der Waals surface area contributed by atoms with E-state index in [1.807, 2.05) is 11.3 Å². The molecule has 6 aromatic rings. The molecular formula is C32H29NOS. The third-order valence-electron chi connectivity index (χ3n) is 7.02. The summed E-state index contributed by atoms with van der Waals surface area (Å²) >= 11 is 1.83. The molecule has 0 aliphatic heterocycles. The van der Waals surface area contributed by atoms with E-state index in [4.69, 9.17) is 9.40 Å². The van der Waals surface area contributed by atoms with E-state index >= 15 is 0 Å². The summed E-state index contributed by atoms with van der Waals surface area (Å²) in [5, 5.41) is 3.63. The number of pyridine rings is 1. The van der Waals surface area contributed by atoms with Crippen molar-refractivity contribution in [2.75, 3.05) is 0 Å². The fourth-order valence-electron chi connectivity index (χ4n) is 5.40. The molecule has 0 spiro atoms. The normalized spacial score (nSPS) is 12.3. The molecule has 3 aromatic heterocycles. The zero-order valence-electron chi connectivity index (χ0n) is 21.1. The first-order chi connectivity index (χ1) is 16.7. The number of rotatable bonds is 2. The minimum atomic E-state index is -0.0378. The van der Waals surface area contributed by atoms with Crippen LogP contribution in [-0.2, 0) is 5.41 Å². The molecule has 0 N–H and O–H groups in total. The molecule has 3 heteroatoms. The number of aryl methyl sites for hydroxylation is 3. The van der Waals surface area contributed by atoms with Crippen molar-refractivity contribution in [2.24, 2.45) is 0 Å². The van der Waals surface area contributed by atoms with Crippen molar-refractivity contribution in [1.29, 1.82) is 0 Å². The van der Waals surface area contributed by atoms with Crippen LogP contribution in [0.15, 0.2) is 71.3 Å². The van der Waals surface area contributed by atoms with Gasteiger partial charge in [0.15, 0.2) is 0 Å². The zero-order valence-corrected chi connectivity index (χ0v) is 21.9. The molecule has 0 aliphatic rings. The minimum Gasteiger partial charge on any atom is -0.455 e. The Balaban J connectivity index is 1.62. The van der Waals surface area contributed by atoms with Gasteiger partial charge in [-0.05, 0) is 78.8 Å².